The van der Waals surface area contributed by atoms with Gasteiger partial charge in [-0.3, -0.25) is 4.79 Å². The van der Waals surface area contributed by atoms with Crippen LogP contribution in [0.5, 0.6) is 0 Å². The van der Waals surface area contributed by atoms with Crippen molar-refractivity contribution in [3.63, 3.8) is 0 Å². The van der Waals surface area contributed by atoms with Crippen LogP contribution < -0.4 is 0 Å². The van der Waals surface area contributed by atoms with Gasteiger partial charge in [-0.1, -0.05) is 0 Å². The van der Waals surface area contributed by atoms with E-state index in [1.54, 1.807) is 6.92 Å². The van der Waals surface area contributed by atoms with E-state index in [0.717, 1.165) is 12.1 Å². The first-order valence-electron chi connectivity index (χ1n) is 6.21. The number of amides is 1. The number of hydrogen-bond acceptors (Lipinski definition) is 3. The van der Waals surface area contributed by atoms with E-state index in [1.807, 2.05) is 0 Å². The second-order valence-corrected chi connectivity index (χ2v) is 7.45. The van der Waals surface area contributed by atoms with Gasteiger partial charge in [0, 0.05) is 24.2 Å². The van der Waals surface area contributed by atoms with Crippen LogP contribution in [0.25, 0.3) is 0 Å². The van der Waals surface area contributed by atoms with Crippen LogP contribution in [0.4, 0.5) is 8.78 Å². The molecule has 20 heavy (non-hydrogen) atoms. The van der Waals surface area contributed by atoms with Gasteiger partial charge in [0.2, 0.25) is 0 Å². The van der Waals surface area contributed by atoms with Crippen molar-refractivity contribution in [2.24, 2.45) is 0 Å². The summed E-state index contributed by atoms with van der Waals surface area (Å²) in [5.41, 5.74) is -0.110. The number of carbonyl (C=O) groups excluding carboxylic acids is 1. The molecule has 0 saturated carbocycles. The number of sulfone groups is 1. The highest BCUT2D eigenvalue weighted by atomic mass is 32.2. The van der Waals surface area contributed by atoms with E-state index in [0.29, 0.717) is 6.07 Å². The second-order valence-electron chi connectivity index (χ2n) is 4.97. The first-order valence-corrected chi connectivity index (χ1v) is 7.92. The molecule has 0 N–H and O–H groups in total. The number of hydrogen-bond donors (Lipinski definition) is 0. The molecular formula is C13H15F2NO3S. The van der Waals surface area contributed by atoms with Gasteiger partial charge in [-0.15, -0.1) is 0 Å². The molecule has 1 heterocycles. The normalized spacial score (nSPS) is 25.5. The molecule has 1 aliphatic heterocycles. The maximum atomic E-state index is 13.1. The van der Waals surface area contributed by atoms with Gasteiger partial charge in [0.05, 0.1) is 11.0 Å². The molecule has 2 unspecified atom stereocenters. The quantitative estimate of drug-likeness (QED) is 0.792. The van der Waals surface area contributed by atoms with Gasteiger partial charge >= 0.3 is 0 Å². The molecule has 7 heteroatoms. The third kappa shape index (κ3) is 2.67. The number of nitrogens with zero attached hydrogens (tertiary/aromatic N) is 1. The molecule has 0 aliphatic carbocycles. The Kier molecular flexibility index (Phi) is 3.82. The minimum absolute atomic E-state index is 0.0325. The summed E-state index contributed by atoms with van der Waals surface area (Å²) < 4.78 is 49.8. The van der Waals surface area contributed by atoms with Crippen LogP contribution in [-0.2, 0) is 9.84 Å². The van der Waals surface area contributed by atoms with Crippen molar-refractivity contribution in [2.75, 3.05) is 12.3 Å². The predicted octanol–water partition coefficient (Wildman–Crippen LogP) is 1.61. The summed E-state index contributed by atoms with van der Waals surface area (Å²) >= 11 is 0. The van der Waals surface area contributed by atoms with Crippen LogP contribution in [0.3, 0.4) is 0 Å². The van der Waals surface area contributed by atoms with Crippen LogP contribution in [0.1, 0.15) is 24.2 Å². The Morgan fingerprint density at radius 3 is 2.30 bits per heavy atom. The Morgan fingerprint density at radius 1 is 1.20 bits per heavy atom. The van der Waals surface area contributed by atoms with E-state index in [-0.39, 0.29) is 17.9 Å². The van der Waals surface area contributed by atoms with E-state index >= 15 is 0 Å². The zero-order valence-corrected chi connectivity index (χ0v) is 12.0. The number of carbonyl (C=O) groups is 1. The van der Waals surface area contributed by atoms with Crippen LogP contribution in [-0.4, -0.2) is 42.8 Å². The van der Waals surface area contributed by atoms with Crippen molar-refractivity contribution in [3.05, 3.63) is 35.4 Å². The number of benzene rings is 1. The van der Waals surface area contributed by atoms with E-state index in [9.17, 15) is 22.0 Å². The van der Waals surface area contributed by atoms with Crippen LogP contribution in [0.2, 0.25) is 0 Å². The maximum absolute atomic E-state index is 13.1. The lowest BCUT2D eigenvalue weighted by Crippen LogP contribution is -2.54. The molecule has 0 aromatic heterocycles. The van der Waals surface area contributed by atoms with Gasteiger partial charge in [-0.25, -0.2) is 17.2 Å². The van der Waals surface area contributed by atoms with E-state index in [1.165, 1.54) is 11.8 Å². The van der Waals surface area contributed by atoms with Crippen LogP contribution in [0, 0.1) is 11.6 Å². The zero-order valence-electron chi connectivity index (χ0n) is 11.1. The lowest BCUT2D eigenvalue weighted by atomic mass is 10.1. The molecule has 1 aromatic rings. The molecule has 1 aromatic carbocycles. The van der Waals surface area contributed by atoms with E-state index in [2.05, 4.69) is 0 Å². The Labute approximate surface area is 116 Å². The molecule has 4 nitrogen and oxygen atoms in total. The molecule has 0 bridgehead atoms. The van der Waals surface area contributed by atoms with Gasteiger partial charge in [0.15, 0.2) is 9.84 Å². The Bertz CT molecular complexity index is 625. The molecule has 1 saturated heterocycles. The van der Waals surface area contributed by atoms with Crippen molar-refractivity contribution >= 4 is 15.7 Å². The Balaban J connectivity index is 2.30. The zero-order chi connectivity index (χ0) is 15.1. The summed E-state index contributed by atoms with van der Waals surface area (Å²) in [5, 5.41) is -0.696. The first kappa shape index (κ1) is 14.9. The highest BCUT2D eigenvalue weighted by Crippen LogP contribution is 2.22. The van der Waals surface area contributed by atoms with E-state index in [4.69, 9.17) is 0 Å². The van der Waals surface area contributed by atoms with Crippen molar-refractivity contribution in [2.45, 2.75) is 25.1 Å². The average Bonchev–Trinajstić information content (AvgIpc) is 2.34. The molecule has 1 aliphatic rings. The summed E-state index contributed by atoms with van der Waals surface area (Å²) in [5.74, 6) is -2.36. The lowest BCUT2D eigenvalue weighted by molar-refractivity contribution is 0.0692. The summed E-state index contributed by atoms with van der Waals surface area (Å²) in [6, 6.07) is 2.05. The highest BCUT2D eigenvalue weighted by Gasteiger charge is 2.38. The largest absolute Gasteiger partial charge is 0.334 e. The maximum Gasteiger partial charge on any atom is 0.254 e. The molecule has 0 radical (unpaired) electrons. The highest BCUT2D eigenvalue weighted by molar-refractivity contribution is 7.92. The number of halogens is 2. The third-order valence-electron chi connectivity index (χ3n) is 3.72. The van der Waals surface area contributed by atoms with Crippen LogP contribution >= 0.6 is 0 Å². The fraction of sp³-hybridized carbons (Fsp3) is 0.462. The smallest absolute Gasteiger partial charge is 0.254 e. The van der Waals surface area contributed by atoms with Gasteiger partial charge in [0.25, 0.3) is 5.91 Å². The summed E-state index contributed by atoms with van der Waals surface area (Å²) in [6.45, 7) is 3.19. The van der Waals surface area contributed by atoms with Crippen molar-refractivity contribution in [3.8, 4) is 0 Å². The lowest BCUT2D eigenvalue weighted by Gasteiger charge is -2.37. The molecule has 110 valence electrons. The standard InChI is InChI=1S/C13H15F2NO3S/c1-8-9(2)20(18,19)4-3-16(8)13(17)10-5-11(14)7-12(15)6-10/h5-9H,3-4H2,1-2H3. The average molecular weight is 303 g/mol. The summed E-state index contributed by atoms with van der Waals surface area (Å²) in [7, 11) is -3.22. The van der Waals surface area contributed by atoms with Gasteiger partial charge in [-0.05, 0) is 26.0 Å². The molecule has 1 fully saturated rings. The third-order valence-corrected chi connectivity index (χ3v) is 6.00. The molecule has 0 spiro atoms. The minimum atomic E-state index is -3.22. The fourth-order valence-corrected chi connectivity index (χ4v) is 3.87. The molecule has 2 rings (SSSR count). The predicted molar refractivity (Wildman–Crippen MR) is 70.1 cm³/mol. The second kappa shape index (κ2) is 5.12. The SMILES string of the molecule is CC1C(C)S(=O)(=O)CCN1C(=O)c1cc(F)cc(F)c1. The Morgan fingerprint density at radius 2 is 1.75 bits per heavy atom. The summed E-state index contributed by atoms with van der Waals surface area (Å²) in [6.07, 6.45) is 0. The molecule has 2 atom stereocenters. The van der Waals surface area contributed by atoms with Crippen molar-refractivity contribution in [1.29, 1.82) is 0 Å². The van der Waals surface area contributed by atoms with E-state index < -0.39 is 38.7 Å². The number of rotatable bonds is 1. The van der Waals surface area contributed by atoms with Gasteiger partial charge in [-0.2, -0.15) is 0 Å². The van der Waals surface area contributed by atoms with Crippen molar-refractivity contribution in [1.82, 2.24) is 4.90 Å². The van der Waals surface area contributed by atoms with Crippen LogP contribution in [0.15, 0.2) is 18.2 Å². The topological polar surface area (TPSA) is 54.5 Å². The molecular weight excluding hydrogens is 288 g/mol. The van der Waals surface area contributed by atoms with Gasteiger partial charge < -0.3 is 4.90 Å². The fourth-order valence-electron chi connectivity index (χ4n) is 2.30. The minimum Gasteiger partial charge on any atom is -0.334 e. The molecule has 1 amide bonds. The first-order chi connectivity index (χ1) is 9.22. The monoisotopic (exact) mass is 303 g/mol. The van der Waals surface area contributed by atoms with Gasteiger partial charge in [0.1, 0.15) is 11.6 Å². The Hall–Kier alpha value is -1.50. The van der Waals surface area contributed by atoms with Crippen molar-refractivity contribution < 1.29 is 22.0 Å². The summed E-state index contributed by atoms with van der Waals surface area (Å²) in [4.78, 5) is 13.6.